The Morgan fingerprint density at radius 2 is 1.71 bits per heavy atom. The third-order valence-electron chi connectivity index (χ3n) is 4.81. The Balaban J connectivity index is 1.75. The zero-order valence-electron chi connectivity index (χ0n) is 19.7. The molecule has 0 aliphatic heterocycles. The van der Waals surface area contributed by atoms with E-state index < -0.39 is 17.8 Å². The zero-order chi connectivity index (χ0) is 25.4. The molecule has 1 aromatic carbocycles. The lowest BCUT2D eigenvalue weighted by Crippen LogP contribution is -2.22. The molecule has 186 valence electrons. The highest BCUT2D eigenvalue weighted by Crippen LogP contribution is 2.29. The van der Waals surface area contributed by atoms with Crippen LogP contribution in [-0.4, -0.2) is 51.6 Å². The Kier molecular flexibility index (Phi) is 8.90. The Labute approximate surface area is 206 Å². The molecular weight excluding hydrogens is 474 g/mol. The summed E-state index contributed by atoms with van der Waals surface area (Å²) < 4.78 is 17.1. The van der Waals surface area contributed by atoms with Crippen LogP contribution in [0.15, 0.2) is 39.9 Å². The maximum Gasteiger partial charge on any atom is 0.344 e. The Morgan fingerprint density at radius 1 is 1.06 bits per heavy atom. The van der Waals surface area contributed by atoms with Gasteiger partial charge in [-0.15, -0.1) is 10.2 Å². The van der Waals surface area contributed by atoms with Gasteiger partial charge in [-0.25, -0.2) is 9.59 Å². The summed E-state index contributed by atoms with van der Waals surface area (Å²) in [6.07, 6.45) is 0.801. The van der Waals surface area contributed by atoms with Gasteiger partial charge in [0.05, 0.1) is 13.2 Å². The third kappa shape index (κ3) is 6.41. The first-order chi connectivity index (χ1) is 16.8. The summed E-state index contributed by atoms with van der Waals surface area (Å²) in [5.41, 5.74) is 6.80. The molecule has 3 rings (SSSR count). The van der Waals surface area contributed by atoms with Crippen LogP contribution in [0.5, 0.6) is 0 Å². The minimum Gasteiger partial charge on any atom is -0.462 e. The van der Waals surface area contributed by atoms with Crippen molar-refractivity contribution in [2.45, 2.75) is 38.9 Å². The molecule has 2 aromatic heterocycles. The van der Waals surface area contributed by atoms with Gasteiger partial charge < -0.3 is 19.6 Å². The fraction of sp³-hybridized carbons (Fsp3) is 0.348. The number of amides is 1. The summed E-state index contributed by atoms with van der Waals surface area (Å²) >= 11 is 1.41. The number of furan rings is 1. The molecular formula is C23H27N5O6S. The second kappa shape index (κ2) is 12.1. The second-order valence-corrected chi connectivity index (χ2v) is 8.30. The number of nitrogens with zero attached hydrogens (tertiary/aromatic N) is 3. The van der Waals surface area contributed by atoms with Crippen molar-refractivity contribution >= 4 is 41.4 Å². The first-order valence-electron chi connectivity index (χ1n) is 11.0. The van der Waals surface area contributed by atoms with Gasteiger partial charge in [-0.05, 0) is 32.8 Å². The summed E-state index contributed by atoms with van der Waals surface area (Å²) in [4.78, 5) is 37.8. The van der Waals surface area contributed by atoms with E-state index in [2.05, 4.69) is 15.5 Å². The molecule has 11 nitrogen and oxygen atoms in total. The Bertz CT molecular complexity index is 1190. The van der Waals surface area contributed by atoms with Crippen LogP contribution in [0.3, 0.4) is 0 Å². The number of benzene rings is 1. The topological polar surface area (TPSA) is 152 Å². The number of thioether (sulfide) groups is 1. The van der Waals surface area contributed by atoms with Crippen LogP contribution in [0, 0.1) is 6.92 Å². The van der Waals surface area contributed by atoms with Crippen LogP contribution in [0.2, 0.25) is 0 Å². The molecule has 0 saturated heterocycles. The second-order valence-electron chi connectivity index (χ2n) is 7.24. The molecule has 3 N–H and O–H groups in total. The van der Waals surface area contributed by atoms with Crippen LogP contribution in [-0.2, 0) is 27.2 Å². The number of hydrogen-bond donors (Lipinski definition) is 2. The molecule has 0 fully saturated rings. The zero-order valence-corrected chi connectivity index (χ0v) is 20.5. The van der Waals surface area contributed by atoms with Gasteiger partial charge >= 0.3 is 11.9 Å². The number of aryl methyl sites for hydroxylation is 2. The molecule has 35 heavy (non-hydrogen) atoms. The maximum atomic E-state index is 12.8. The van der Waals surface area contributed by atoms with E-state index in [9.17, 15) is 14.4 Å². The smallest absolute Gasteiger partial charge is 0.344 e. The fourth-order valence-electron chi connectivity index (χ4n) is 3.25. The van der Waals surface area contributed by atoms with Crippen molar-refractivity contribution in [3.8, 4) is 0 Å². The number of anilines is 2. The van der Waals surface area contributed by atoms with Crippen molar-refractivity contribution in [1.29, 1.82) is 0 Å². The third-order valence-corrected chi connectivity index (χ3v) is 5.78. The summed E-state index contributed by atoms with van der Waals surface area (Å²) in [6, 6.07) is 9.96. The van der Waals surface area contributed by atoms with Gasteiger partial charge in [0.1, 0.15) is 23.4 Å². The number of esters is 2. The molecule has 3 aromatic rings. The predicted octanol–water partition coefficient (Wildman–Crippen LogP) is 3.09. The van der Waals surface area contributed by atoms with Gasteiger partial charge in [0, 0.05) is 5.75 Å². The molecule has 0 unspecified atom stereocenters. The highest BCUT2D eigenvalue weighted by molar-refractivity contribution is 7.99. The number of nitrogens with two attached hydrogens (primary N) is 1. The molecule has 0 radical (unpaired) electrons. The molecule has 12 heteroatoms. The molecule has 0 spiro atoms. The molecule has 0 aliphatic carbocycles. The summed E-state index contributed by atoms with van der Waals surface area (Å²) in [5, 5.41) is 10.9. The first-order valence-corrected chi connectivity index (χ1v) is 12.0. The average molecular weight is 502 g/mol. The van der Waals surface area contributed by atoms with Crippen LogP contribution >= 0.6 is 11.8 Å². The standard InChI is InChI=1S/C23H27N5O6S/c1-4-32-20(30)17-14(3)34-19(18(17)21(31)33-5-2)25-16(29)13-28-22(24)26-27-23(28)35-12-11-15-9-7-6-8-10-15/h6-10H,4-5,11-13H2,1-3H3,(H2,24,26)(H,25,29). The van der Waals surface area contributed by atoms with Crippen molar-refractivity contribution in [3.63, 3.8) is 0 Å². The maximum absolute atomic E-state index is 12.8. The molecule has 0 aliphatic rings. The van der Waals surface area contributed by atoms with Crippen LogP contribution in [0.1, 0.15) is 45.9 Å². The van der Waals surface area contributed by atoms with Crippen LogP contribution < -0.4 is 11.1 Å². The highest BCUT2D eigenvalue weighted by atomic mass is 32.2. The van der Waals surface area contributed by atoms with E-state index in [1.807, 2.05) is 30.3 Å². The molecule has 0 bridgehead atoms. The minimum atomic E-state index is -0.816. The van der Waals surface area contributed by atoms with Gasteiger partial charge in [-0.2, -0.15) is 0 Å². The van der Waals surface area contributed by atoms with Gasteiger partial charge in [-0.3, -0.25) is 14.7 Å². The monoisotopic (exact) mass is 501 g/mol. The highest BCUT2D eigenvalue weighted by Gasteiger charge is 2.31. The number of hydrogen-bond acceptors (Lipinski definition) is 10. The number of carbonyl (C=O) groups is 3. The lowest BCUT2D eigenvalue weighted by molar-refractivity contribution is -0.116. The quantitative estimate of drug-likeness (QED) is 0.296. The molecule has 0 saturated carbocycles. The largest absolute Gasteiger partial charge is 0.462 e. The van der Waals surface area contributed by atoms with Crippen LogP contribution in [0.4, 0.5) is 11.8 Å². The first kappa shape index (κ1) is 25.8. The van der Waals surface area contributed by atoms with Gasteiger partial charge in [0.2, 0.25) is 17.7 Å². The normalized spacial score (nSPS) is 10.7. The number of ether oxygens (including phenoxy) is 2. The molecule has 1 amide bonds. The Morgan fingerprint density at radius 3 is 2.37 bits per heavy atom. The Hall–Kier alpha value is -3.80. The predicted molar refractivity (Wildman–Crippen MR) is 129 cm³/mol. The van der Waals surface area contributed by atoms with Crippen molar-refractivity contribution in [3.05, 3.63) is 52.8 Å². The summed E-state index contributed by atoms with van der Waals surface area (Å²) in [6.45, 7) is 4.69. The summed E-state index contributed by atoms with van der Waals surface area (Å²) in [7, 11) is 0. The average Bonchev–Trinajstić information content (AvgIpc) is 3.34. The van der Waals surface area contributed by atoms with Gasteiger partial charge in [-0.1, -0.05) is 42.1 Å². The molecule has 0 atom stereocenters. The number of nitrogens with one attached hydrogen (secondary N) is 1. The van der Waals surface area contributed by atoms with Crippen molar-refractivity contribution in [1.82, 2.24) is 14.8 Å². The van der Waals surface area contributed by atoms with Crippen molar-refractivity contribution < 1.29 is 28.3 Å². The van der Waals surface area contributed by atoms with Crippen LogP contribution in [0.25, 0.3) is 0 Å². The van der Waals surface area contributed by atoms with E-state index in [1.54, 1.807) is 13.8 Å². The van der Waals surface area contributed by atoms with E-state index in [1.165, 1.54) is 28.8 Å². The number of rotatable bonds is 11. The lowest BCUT2D eigenvalue weighted by atomic mass is 10.1. The summed E-state index contributed by atoms with van der Waals surface area (Å²) in [5.74, 6) is -1.45. The van der Waals surface area contributed by atoms with E-state index in [0.717, 1.165) is 6.42 Å². The molecule has 2 heterocycles. The minimum absolute atomic E-state index is 0.0656. The van der Waals surface area contributed by atoms with E-state index >= 15 is 0 Å². The van der Waals surface area contributed by atoms with E-state index in [-0.39, 0.29) is 48.5 Å². The number of carbonyl (C=O) groups excluding carboxylic acids is 3. The van der Waals surface area contributed by atoms with Crippen molar-refractivity contribution in [2.24, 2.45) is 0 Å². The van der Waals surface area contributed by atoms with Gasteiger partial charge in [0.15, 0.2) is 5.16 Å². The van der Waals surface area contributed by atoms with Crippen molar-refractivity contribution in [2.75, 3.05) is 30.0 Å². The van der Waals surface area contributed by atoms with Gasteiger partial charge in [0.25, 0.3) is 0 Å². The number of aromatic nitrogens is 3. The fourth-order valence-corrected chi connectivity index (χ4v) is 4.18. The van der Waals surface area contributed by atoms with E-state index in [0.29, 0.717) is 10.9 Å². The number of nitrogen functional groups attached to an aromatic ring is 1. The lowest BCUT2D eigenvalue weighted by Gasteiger charge is -2.09. The van der Waals surface area contributed by atoms with E-state index in [4.69, 9.17) is 19.6 Å². The SMILES string of the molecule is CCOC(=O)c1c(C)oc(NC(=O)Cn2c(N)nnc2SCCc2ccccc2)c1C(=O)OCC.